The Hall–Kier alpha value is -2.95. The molecule has 1 aromatic heterocycles. The van der Waals surface area contributed by atoms with Crippen molar-refractivity contribution in [1.29, 1.82) is 0 Å². The topological polar surface area (TPSA) is 59.2 Å². The van der Waals surface area contributed by atoms with Crippen LogP contribution in [0.1, 0.15) is 29.4 Å². The number of rotatable bonds is 3. The molecular formula is C20H19N3O2. The number of hydrogen-bond donors (Lipinski definition) is 0. The molecule has 0 saturated carbocycles. The van der Waals surface area contributed by atoms with Crippen LogP contribution in [-0.2, 0) is 4.79 Å². The number of carbonyl (C=O) groups is 1. The summed E-state index contributed by atoms with van der Waals surface area (Å²) in [5.41, 5.74) is 4.11. The fourth-order valence-electron chi connectivity index (χ4n) is 3.43. The van der Waals surface area contributed by atoms with Gasteiger partial charge in [-0.25, -0.2) is 0 Å². The number of aryl methyl sites for hydroxylation is 2. The van der Waals surface area contributed by atoms with E-state index in [1.807, 2.05) is 67.3 Å². The summed E-state index contributed by atoms with van der Waals surface area (Å²) in [6.45, 7) is 4.63. The average Bonchev–Trinajstić information content (AvgIpc) is 3.23. The normalized spacial score (nSPS) is 17.3. The van der Waals surface area contributed by atoms with E-state index in [2.05, 4.69) is 10.1 Å². The lowest BCUT2D eigenvalue weighted by molar-refractivity contribution is -0.117. The van der Waals surface area contributed by atoms with E-state index >= 15 is 0 Å². The van der Waals surface area contributed by atoms with Gasteiger partial charge in [-0.1, -0.05) is 53.7 Å². The van der Waals surface area contributed by atoms with Crippen LogP contribution in [0.15, 0.2) is 53.1 Å². The zero-order valence-electron chi connectivity index (χ0n) is 14.3. The SMILES string of the molecule is Cc1cccc(C)c1N1CC(c2nc(-c3ccccc3)no2)CC1=O. The molecule has 3 aromatic rings. The minimum absolute atomic E-state index is 0.0727. The summed E-state index contributed by atoms with van der Waals surface area (Å²) < 4.78 is 5.46. The third-order valence-corrected chi connectivity index (χ3v) is 4.66. The maximum absolute atomic E-state index is 12.6. The number of hydrogen-bond acceptors (Lipinski definition) is 4. The Bertz CT molecular complexity index is 897. The molecule has 1 unspecified atom stereocenters. The van der Waals surface area contributed by atoms with Crippen LogP contribution in [0.5, 0.6) is 0 Å². The number of nitrogens with zero attached hydrogens (tertiary/aromatic N) is 3. The smallest absolute Gasteiger partial charge is 0.232 e. The Balaban J connectivity index is 1.60. The molecule has 4 rings (SSSR count). The van der Waals surface area contributed by atoms with Crippen molar-refractivity contribution in [2.24, 2.45) is 0 Å². The highest BCUT2D eigenvalue weighted by molar-refractivity contribution is 5.97. The molecule has 0 radical (unpaired) electrons. The molecule has 5 heteroatoms. The van der Waals surface area contributed by atoms with Gasteiger partial charge in [0.2, 0.25) is 17.6 Å². The summed E-state index contributed by atoms with van der Waals surface area (Å²) in [6, 6.07) is 15.8. The lowest BCUT2D eigenvalue weighted by Gasteiger charge is -2.21. The Morgan fingerprint density at radius 3 is 2.48 bits per heavy atom. The molecule has 0 spiro atoms. The molecule has 1 amide bonds. The van der Waals surface area contributed by atoms with Crippen molar-refractivity contribution >= 4 is 11.6 Å². The molecule has 2 heterocycles. The minimum atomic E-state index is -0.0727. The van der Waals surface area contributed by atoms with Gasteiger partial charge in [-0.05, 0) is 25.0 Å². The lowest BCUT2D eigenvalue weighted by Crippen LogP contribution is -2.26. The van der Waals surface area contributed by atoms with Gasteiger partial charge in [0.05, 0.1) is 5.92 Å². The first-order valence-corrected chi connectivity index (χ1v) is 8.39. The Morgan fingerprint density at radius 2 is 1.76 bits per heavy atom. The van der Waals surface area contributed by atoms with Crippen molar-refractivity contribution < 1.29 is 9.32 Å². The molecule has 1 aliphatic rings. The molecule has 1 fully saturated rings. The first-order valence-electron chi connectivity index (χ1n) is 8.39. The molecule has 126 valence electrons. The third-order valence-electron chi connectivity index (χ3n) is 4.66. The van der Waals surface area contributed by atoms with E-state index < -0.39 is 0 Å². The molecule has 0 aliphatic carbocycles. The van der Waals surface area contributed by atoms with Crippen LogP contribution in [0.3, 0.4) is 0 Å². The first kappa shape index (κ1) is 15.6. The van der Waals surface area contributed by atoms with Gasteiger partial charge in [0.1, 0.15) is 0 Å². The maximum atomic E-state index is 12.6. The van der Waals surface area contributed by atoms with Crippen LogP contribution >= 0.6 is 0 Å². The second-order valence-electron chi connectivity index (χ2n) is 6.47. The van der Waals surface area contributed by atoms with Crippen molar-refractivity contribution in [3.05, 3.63) is 65.5 Å². The second kappa shape index (κ2) is 6.16. The summed E-state index contributed by atoms with van der Waals surface area (Å²) >= 11 is 0. The largest absolute Gasteiger partial charge is 0.339 e. The van der Waals surface area contributed by atoms with E-state index in [0.29, 0.717) is 24.7 Å². The molecule has 1 aliphatic heterocycles. The van der Waals surface area contributed by atoms with Crippen LogP contribution in [0.4, 0.5) is 5.69 Å². The van der Waals surface area contributed by atoms with E-state index in [1.54, 1.807) is 0 Å². The fourth-order valence-corrected chi connectivity index (χ4v) is 3.43. The maximum Gasteiger partial charge on any atom is 0.232 e. The Morgan fingerprint density at radius 1 is 1.04 bits per heavy atom. The summed E-state index contributed by atoms with van der Waals surface area (Å²) in [6.07, 6.45) is 0.393. The van der Waals surface area contributed by atoms with Crippen molar-refractivity contribution in [2.75, 3.05) is 11.4 Å². The van der Waals surface area contributed by atoms with E-state index in [-0.39, 0.29) is 11.8 Å². The van der Waals surface area contributed by atoms with Crippen LogP contribution in [0.25, 0.3) is 11.4 Å². The highest BCUT2D eigenvalue weighted by Crippen LogP contribution is 2.35. The van der Waals surface area contributed by atoms with E-state index in [4.69, 9.17) is 4.52 Å². The molecule has 25 heavy (non-hydrogen) atoms. The Labute approximate surface area is 146 Å². The van der Waals surface area contributed by atoms with Crippen LogP contribution in [0, 0.1) is 13.8 Å². The minimum Gasteiger partial charge on any atom is -0.339 e. The first-order chi connectivity index (χ1) is 12.1. The number of anilines is 1. The molecule has 1 atom stereocenters. The van der Waals surface area contributed by atoms with E-state index in [0.717, 1.165) is 22.4 Å². The van der Waals surface area contributed by atoms with Gasteiger partial charge in [0.15, 0.2) is 0 Å². The Kier molecular flexibility index (Phi) is 3.84. The van der Waals surface area contributed by atoms with Gasteiger partial charge in [0.25, 0.3) is 0 Å². The van der Waals surface area contributed by atoms with E-state index in [9.17, 15) is 4.79 Å². The monoisotopic (exact) mass is 333 g/mol. The third kappa shape index (κ3) is 2.82. The summed E-state index contributed by atoms with van der Waals surface area (Å²) in [4.78, 5) is 18.9. The molecule has 0 N–H and O–H groups in total. The summed E-state index contributed by atoms with van der Waals surface area (Å²) in [7, 11) is 0. The molecule has 5 nitrogen and oxygen atoms in total. The summed E-state index contributed by atoms with van der Waals surface area (Å²) in [5.74, 6) is 1.12. The van der Waals surface area contributed by atoms with Gasteiger partial charge in [-0.3, -0.25) is 4.79 Å². The standard InChI is InChI=1S/C20H19N3O2/c1-13-7-6-8-14(2)18(13)23-12-16(11-17(23)24)20-21-19(22-25-20)15-9-4-3-5-10-15/h3-10,16H,11-12H2,1-2H3. The summed E-state index contributed by atoms with van der Waals surface area (Å²) in [5, 5.41) is 4.07. The second-order valence-corrected chi connectivity index (χ2v) is 6.47. The van der Waals surface area contributed by atoms with Crippen molar-refractivity contribution in [3.8, 4) is 11.4 Å². The highest BCUT2D eigenvalue weighted by atomic mass is 16.5. The highest BCUT2D eigenvalue weighted by Gasteiger charge is 2.36. The quantitative estimate of drug-likeness (QED) is 0.730. The van der Waals surface area contributed by atoms with Crippen LogP contribution < -0.4 is 4.90 Å². The number of para-hydroxylation sites is 1. The predicted molar refractivity (Wildman–Crippen MR) is 95.4 cm³/mol. The molecule has 0 bridgehead atoms. The van der Waals surface area contributed by atoms with Crippen molar-refractivity contribution in [1.82, 2.24) is 10.1 Å². The number of amides is 1. The van der Waals surface area contributed by atoms with Gasteiger partial charge in [0, 0.05) is 24.2 Å². The zero-order chi connectivity index (χ0) is 17.4. The van der Waals surface area contributed by atoms with Crippen LogP contribution in [0.2, 0.25) is 0 Å². The average molecular weight is 333 g/mol. The van der Waals surface area contributed by atoms with E-state index in [1.165, 1.54) is 0 Å². The van der Waals surface area contributed by atoms with Crippen molar-refractivity contribution in [2.45, 2.75) is 26.2 Å². The number of carbonyl (C=O) groups excluding carboxylic acids is 1. The van der Waals surface area contributed by atoms with Gasteiger partial charge >= 0.3 is 0 Å². The lowest BCUT2D eigenvalue weighted by atomic mass is 10.1. The van der Waals surface area contributed by atoms with Gasteiger partial charge in [-0.15, -0.1) is 0 Å². The molecule has 1 saturated heterocycles. The number of benzene rings is 2. The van der Waals surface area contributed by atoms with Gasteiger partial charge < -0.3 is 9.42 Å². The van der Waals surface area contributed by atoms with Crippen molar-refractivity contribution in [3.63, 3.8) is 0 Å². The predicted octanol–water partition coefficient (Wildman–Crippen LogP) is 3.87. The molecule has 2 aromatic carbocycles. The fraction of sp³-hybridized carbons (Fsp3) is 0.250. The number of aromatic nitrogens is 2. The molecular weight excluding hydrogens is 314 g/mol. The van der Waals surface area contributed by atoms with Crippen LogP contribution in [-0.4, -0.2) is 22.6 Å². The zero-order valence-corrected chi connectivity index (χ0v) is 14.3. The van der Waals surface area contributed by atoms with Gasteiger partial charge in [-0.2, -0.15) is 4.98 Å².